The Balaban J connectivity index is 1.81. The summed E-state index contributed by atoms with van der Waals surface area (Å²) < 4.78 is 0. The first-order chi connectivity index (χ1) is 10.6. The lowest BCUT2D eigenvalue weighted by Gasteiger charge is -2.19. The fourth-order valence-corrected chi connectivity index (χ4v) is 2.38. The number of hydrogen-bond acceptors (Lipinski definition) is 4. The van der Waals surface area contributed by atoms with Crippen molar-refractivity contribution in [2.75, 3.05) is 0 Å². The van der Waals surface area contributed by atoms with Gasteiger partial charge in [0.15, 0.2) is 0 Å². The van der Waals surface area contributed by atoms with Crippen LogP contribution in [0.1, 0.15) is 11.1 Å². The Hall–Kier alpha value is -3.02. The van der Waals surface area contributed by atoms with Gasteiger partial charge in [-0.15, -0.1) is 0 Å². The molecule has 110 valence electrons. The van der Waals surface area contributed by atoms with E-state index < -0.39 is 0 Å². The predicted molar refractivity (Wildman–Crippen MR) is 75.8 cm³/mol. The summed E-state index contributed by atoms with van der Waals surface area (Å²) in [4.78, 5) is 48.8. The number of rotatable bonds is 4. The molecule has 1 aromatic carbocycles. The van der Waals surface area contributed by atoms with E-state index in [9.17, 15) is 19.2 Å². The normalized spacial score (nSPS) is 17.3. The zero-order valence-electron chi connectivity index (χ0n) is 11.6. The molecule has 2 aliphatic rings. The van der Waals surface area contributed by atoms with Gasteiger partial charge in [-0.05, 0) is 11.1 Å². The van der Waals surface area contributed by atoms with Crippen molar-refractivity contribution in [1.82, 2.24) is 9.80 Å². The highest BCUT2D eigenvalue weighted by molar-refractivity contribution is 6.13. The molecule has 0 aliphatic carbocycles. The lowest BCUT2D eigenvalue weighted by Crippen LogP contribution is -2.32. The summed E-state index contributed by atoms with van der Waals surface area (Å²) >= 11 is 0. The van der Waals surface area contributed by atoms with Crippen LogP contribution in [0.15, 0.2) is 48.6 Å². The summed E-state index contributed by atoms with van der Waals surface area (Å²) in [5.41, 5.74) is 1.45. The maximum absolute atomic E-state index is 11.6. The van der Waals surface area contributed by atoms with E-state index in [0.29, 0.717) is 0 Å². The SMILES string of the molecule is O=C1C=CC(=O)N1Cc1ccccc1CN1C(=O)C=CC1=O. The Morgan fingerprint density at radius 3 is 1.23 bits per heavy atom. The maximum Gasteiger partial charge on any atom is 0.253 e. The molecule has 6 heteroatoms. The minimum Gasteiger partial charge on any atom is -0.271 e. The van der Waals surface area contributed by atoms with Crippen LogP contribution < -0.4 is 0 Å². The van der Waals surface area contributed by atoms with Gasteiger partial charge in [0.1, 0.15) is 0 Å². The molecular formula is C16H12N2O4. The van der Waals surface area contributed by atoms with Crippen molar-refractivity contribution < 1.29 is 19.2 Å². The first kappa shape index (κ1) is 13.9. The number of carbonyl (C=O) groups is 4. The summed E-state index contributed by atoms with van der Waals surface area (Å²) in [6.45, 7) is 0.231. The summed E-state index contributed by atoms with van der Waals surface area (Å²) in [7, 11) is 0. The third kappa shape index (κ3) is 2.46. The average molecular weight is 296 g/mol. The highest BCUT2D eigenvalue weighted by Gasteiger charge is 2.26. The van der Waals surface area contributed by atoms with Crippen LogP contribution in [0.2, 0.25) is 0 Å². The molecule has 3 rings (SSSR count). The van der Waals surface area contributed by atoms with Crippen LogP contribution in [0.25, 0.3) is 0 Å². The molecule has 2 heterocycles. The Morgan fingerprint density at radius 2 is 0.909 bits per heavy atom. The van der Waals surface area contributed by atoms with Crippen LogP contribution in [0.4, 0.5) is 0 Å². The molecule has 0 atom stereocenters. The first-order valence-corrected chi connectivity index (χ1v) is 6.70. The average Bonchev–Trinajstić information content (AvgIpc) is 2.99. The van der Waals surface area contributed by atoms with Gasteiger partial charge in [-0.2, -0.15) is 0 Å². The van der Waals surface area contributed by atoms with Crippen LogP contribution in [-0.2, 0) is 32.3 Å². The molecule has 1 aromatic rings. The van der Waals surface area contributed by atoms with E-state index in [0.717, 1.165) is 20.9 Å². The van der Waals surface area contributed by atoms with Crippen molar-refractivity contribution in [1.29, 1.82) is 0 Å². The van der Waals surface area contributed by atoms with Crippen molar-refractivity contribution in [3.63, 3.8) is 0 Å². The fourth-order valence-electron chi connectivity index (χ4n) is 2.38. The predicted octanol–water partition coefficient (Wildman–Crippen LogP) is 0.537. The smallest absolute Gasteiger partial charge is 0.253 e. The topological polar surface area (TPSA) is 74.8 Å². The van der Waals surface area contributed by atoms with Gasteiger partial charge in [0, 0.05) is 24.3 Å². The summed E-state index contributed by atoms with van der Waals surface area (Å²) in [6.07, 6.45) is 4.90. The minimum absolute atomic E-state index is 0.116. The number of imide groups is 2. The van der Waals surface area contributed by atoms with Gasteiger partial charge in [0.2, 0.25) is 0 Å². The van der Waals surface area contributed by atoms with Gasteiger partial charge in [0.25, 0.3) is 23.6 Å². The number of hydrogen-bond donors (Lipinski definition) is 0. The highest BCUT2D eigenvalue weighted by Crippen LogP contribution is 2.18. The lowest BCUT2D eigenvalue weighted by atomic mass is 10.1. The molecule has 0 fully saturated rings. The molecule has 0 bridgehead atoms. The molecule has 6 nitrogen and oxygen atoms in total. The van der Waals surface area contributed by atoms with E-state index >= 15 is 0 Å². The number of nitrogens with zero attached hydrogens (tertiary/aromatic N) is 2. The van der Waals surface area contributed by atoms with E-state index in [1.807, 2.05) is 0 Å². The van der Waals surface area contributed by atoms with Crippen LogP contribution in [0, 0.1) is 0 Å². The van der Waals surface area contributed by atoms with Gasteiger partial charge >= 0.3 is 0 Å². The van der Waals surface area contributed by atoms with E-state index in [1.54, 1.807) is 24.3 Å². The molecule has 0 radical (unpaired) electrons. The molecule has 0 unspecified atom stereocenters. The van der Waals surface area contributed by atoms with Crippen LogP contribution in [0.3, 0.4) is 0 Å². The third-order valence-corrected chi connectivity index (χ3v) is 3.58. The molecule has 22 heavy (non-hydrogen) atoms. The minimum atomic E-state index is -0.366. The molecule has 0 spiro atoms. The van der Waals surface area contributed by atoms with Crippen LogP contribution in [0.5, 0.6) is 0 Å². The van der Waals surface area contributed by atoms with Gasteiger partial charge < -0.3 is 0 Å². The zero-order valence-corrected chi connectivity index (χ0v) is 11.6. The zero-order chi connectivity index (χ0) is 15.7. The van der Waals surface area contributed by atoms with Gasteiger partial charge in [-0.1, -0.05) is 24.3 Å². The molecule has 2 aliphatic heterocycles. The standard InChI is InChI=1S/C16H12N2O4/c19-13-5-6-14(20)17(13)9-11-3-1-2-4-12(11)10-18-15(21)7-8-16(18)22/h1-8H,9-10H2. The second-order valence-corrected chi connectivity index (χ2v) is 4.96. The van der Waals surface area contributed by atoms with Gasteiger partial charge in [-0.3, -0.25) is 29.0 Å². The number of amides is 4. The van der Waals surface area contributed by atoms with Crippen molar-refractivity contribution in [3.8, 4) is 0 Å². The lowest BCUT2D eigenvalue weighted by molar-refractivity contribution is -0.139. The van der Waals surface area contributed by atoms with Crippen LogP contribution in [-0.4, -0.2) is 33.4 Å². The molecule has 0 saturated carbocycles. The van der Waals surface area contributed by atoms with Crippen molar-refractivity contribution in [2.45, 2.75) is 13.1 Å². The van der Waals surface area contributed by atoms with Gasteiger partial charge in [-0.25, -0.2) is 0 Å². The fraction of sp³-hybridized carbons (Fsp3) is 0.125. The van der Waals surface area contributed by atoms with Crippen molar-refractivity contribution in [3.05, 3.63) is 59.7 Å². The Bertz CT molecular complexity index is 649. The number of benzene rings is 1. The second kappa shape index (κ2) is 5.40. The monoisotopic (exact) mass is 296 g/mol. The Morgan fingerprint density at radius 1 is 0.591 bits per heavy atom. The van der Waals surface area contributed by atoms with Crippen molar-refractivity contribution in [2.24, 2.45) is 0 Å². The van der Waals surface area contributed by atoms with Crippen molar-refractivity contribution >= 4 is 23.6 Å². The summed E-state index contributed by atoms with van der Waals surface area (Å²) in [5, 5.41) is 0. The summed E-state index contributed by atoms with van der Waals surface area (Å²) in [5.74, 6) is -1.46. The Kier molecular flexibility index (Phi) is 3.42. The largest absolute Gasteiger partial charge is 0.271 e. The second-order valence-electron chi connectivity index (χ2n) is 4.96. The first-order valence-electron chi connectivity index (χ1n) is 6.70. The Labute approximate surface area is 126 Å². The molecule has 0 N–H and O–H groups in total. The molecule has 0 aromatic heterocycles. The third-order valence-electron chi connectivity index (χ3n) is 3.58. The quantitative estimate of drug-likeness (QED) is 0.760. The van der Waals surface area contributed by atoms with Gasteiger partial charge in [0.05, 0.1) is 13.1 Å². The number of carbonyl (C=O) groups excluding carboxylic acids is 4. The molecule has 4 amide bonds. The summed E-state index contributed by atoms with van der Waals surface area (Å²) in [6, 6.07) is 7.10. The van der Waals surface area contributed by atoms with E-state index in [2.05, 4.69) is 0 Å². The maximum atomic E-state index is 11.6. The van der Waals surface area contributed by atoms with Crippen LogP contribution >= 0.6 is 0 Å². The van der Waals surface area contributed by atoms with E-state index in [4.69, 9.17) is 0 Å². The molecular weight excluding hydrogens is 284 g/mol. The van der Waals surface area contributed by atoms with E-state index in [-0.39, 0.29) is 36.7 Å². The molecule has 0 saturated heterocycles. The van der Waals surface area contributed by atoms with E-state index in [1.165, 1.54) is 24.3 Å². The highest BCUT2D eigenvalue weighted by atomic mass is 16.2.